The van der Waals surface area contributed by atoms with Crippen LogP contribution in [0.1, 0.15) is 18.5 Å². The summed E-state index contributed by atoms with van der Waals surface area (Å²) < 4.78 is 10.8. The van der Waals surface area contributed by atoms with Crippen molar-refractivity contribution in [1.82, 2.24) is 5.32 Å². The van der Waals surface area contributed by atoms with Crippen LogP contribution in [0.2, 0.25) is 0 Å². The van der Waals surface area contributed by atoms with Gasteiger partial charge in [-0.05, 0) is 43.4 Å². The van der Waals surface area contributed by atoms with Gasteiger partial charge in [0, 0.05) is 11.3 Å². The maximum atomic E-state index is 5.56. The summed E-state index contributed by atoms with van der Waals surface area (Å²) >= 11 is 5.56. The average molecular weight is 387 g/mol. The van der Waals surface area contributed by atoms with E-state index in [4.69, 9.17) is 21.7 Å². The molecule has 0 bridgehead atoms. The Morgan fingerprint density at radius 1 is 1.07 bits per heavy atom. The van der Waals surface area contributed by atoms with Crippen molar-refractivity contribution in [2.45, 2.75) is 19.0 Å². The molecule has 2 aromatic rings. The molecule has 0 aromatic heterocycles. The first-order valence-corrected chi connectivity index (χ1v) is 9.77. The van der Waals surface area contributed by atoms with Crippen molar-refractivity contribution in [3.05, 3.63) is 60.2 Å². The van der Waals surface area contributed by atoms with Crippen LogP contribution in [0.15, 0.2) is 54.6 Å². The highest BCUT2D eigenvalue weighted by Crippen LogP contribution is 2.16. The van der Waals surface area contributed by atoms with Crippen LogP contribution in [0.4, 0.5) is 5.69 Å². The van der Waals surface area contributed by atoms with Gasteiger partial charge in [-0.2, -0.15) is 0 Å². The van der Waals surface area contributed by atoms with E-state index < -0.39 is 0 Å². The van der Waals surface area contributed by atoms with Crippen LogP contribution in [-0.4, -0.2) is 44.6 Å². The fourth-order valence-corrected chi connectivity index (χ4v) is 3.92. The molecule has 144 valence electrons. The molecule has 1 saturated heterocycles. The summed E-state index contributed by atoms with van der Waals surface area (Å²) in [6, 6.07) is 18.9. The van der Waals surface area contributed by atoms with Crippen LogP contribution < -0.4 is 20.3 Å². The van der Waals surface area contributed by atoms with Gasteiger partial charge in [-0.15, -0.1) is 0 Å². The van der Waals surface area contributed by atoms with Crippen molar-refractivity contribution in [2.24, 2.45) is 0 Å². The Morgan fingerprint density at radius 2 is 1.74 bits per heavy atom. The predicted octanol–water partition coefficient (Wildman–Crippen LogP) is 2.03. The number of hydrogen-bond acceptors (Lipinski definition) is 3. The van der Waals surface area contributed by atoms with Gasteiger partial charge < -0.3 is 25.0 Å². The molecular formula is C21H28N3O2S+. The number of methoxy groups -OCH3 is 1. The van der Waals surface area contributed by atoms with E-state index in [9.17, 15) is 0 Å². The smallest absolute Gasteiger partial charge is 0.171 e. The molecule has 0 unspecified atom stereocenters. The Morgan fingerprint density at radius 3 is 2.37 bits per heavy atom. The Kier molecular flexibility index (Phi) is 7.04. The third-order valence-electron chi connectivity index (χ3n) is 4.94. The second kappa shape index (κ2) is 9.69. The summed E-state index contributed by atoms with van der Waals surface area (Å²) in [4.78, 5) is 1.53. The van der Waals surface area contributed by atoms with E-state index in [0.717, 1.165) is 37.7 Å². The van der Waals surface area contributed by atoms with Gasteiger partial charge in [-0.3, -0.25) is 0 Å². The van der Waals surface area contributed by atoms with Crippen molar-refractivity contribution >= 4 is 23.0 Å². The minimum absolute atomic E-state index is 0.179. The molecule has 3 N–H and O–H groups in total. The molecule has 1 aliphatic rings. The molecule has 0 spiro atoms. The molecule has 0 amide bonds. The minimum atomic E-state index is 0.179. The fraction of sp³-hybridized carbons (Fsp3) is 0.381. The van der Waals surface area contributed by atoms with E-state index >= 15 is 0 Å². The molecule has 1 heterocycles. The Balaban J connectivity index is 1.67. The van der Waals surface area contributed by atoms with Gasteiger partial charge in [0.1, 0.15) is 24.9 Å². The number of hydrogen-bond donors (Lipinski definition) is 3. The van der Waals surface area contributed by atoms with E-state index in [-0.39, 0.29) is 6.04 Å². The number of ether oxygens (including phenoxy) is 2. The van der Waals surface area contributed by atoms with E-state index in [1.807, 2.05) is 24.3 Å². The van der Waals surface area contributed by atoms with Crippen molar-refractivity contribution in [3.63, 3.8) is 0 Å². The van der Waals surface area contributed by atoms with Crippen LogP contribution >= 0.6 is 12.2 Å². The van der Waals surface area contributed by atoms with Crippen LogP contribution in [-0.2, 0) is 4.74 Å². The molecule has 5 nitrogen and oxygen atoms in total. The van der Waals surface area contributed by atoms with Gasteiger partial charge in [-0.1, -0.05) is 30.3 Å². The standard InChI is InChI=1S/C21H27N3O2S/c1-16(22-21(27)23-18-8-10-19(25-2)11-9-18)20(17-6-4-3-5-7-17)24-12-14-26-15-13-24/h3-11,16,20H,12-15H2,1-2H3,(H2,22,23,27)/p+1/t16-,20-/m1/s1. The molecule has 2 aromatic carbocycles. The second-order valence-corrected chi connectivity index (χ2v) is 7.18. The van der Waals surface area contributed by atoms with Gasteiger partial charge in [0.2, 0.25) is 0 Å². The lowest BCUT2D eigenvalue weighted by atomic mass is 9.98. The molecule has 3 rings (SSSR count). The highest BCUT2D eigenvalue weighted by Gasteiger charge is 2.31. The molecule has 0 aliphatic carbocycles. The maximum Gasteiger partial charge on any atom is 0.171 e. The summed E-state index contributed by atoms with van der Waals surface area (Å²) in [5, 5.41) is 7.37. The number of rotatable bonds is 6. The number of morpholine rings is 1. The summed E-state index contributed by atoms with van der Waals surface area (Å²) in [7, 11) is 1.66. The van der Waals surface area contributed by atoms with Crippen molar-refractivity contribution in [3.8, 4) is 5.75 Å². The normalized spacial score (nSPS) is 17.0. The highest BCUT2D eigenvalue weighted by atomic mass is 32.1. The van der Waals surface area contributed by atoms with Crippen LogP contribution in [0.25, 0.3) is 0 Å². The van der Waals surface area contributed by atoms with E-state index in [2.05, 4.69) is 47.9 Å². The minimum Gasteiger partial charge on any atom is -0.497 e. The zero-order valence-electron chi connectivity index (χ0n) is 15.9. The summed E-state index contributed by atoms with van der Waals surface area (Å²) in [5.74, 6) is 0.827. The average Bonchev–Trinajstić information content (AvgIpc) is 2.70. The monoisotopic (exact) mass is 386 g/mol. The number of thiocarbonyl (C=S) groups is 1. The molecule has 6 heteroatoms. The lowest BCUT2D eigenvalue weighted by Crippen LogP contribution is -3.15. The van der Waals surface area contributed by atoms with E-state index in [1.165, 1.54) is 10.5 Å². The molecule has 27 heavy (non-hydrogen) atoms. The lowest BCUT2D eigenvalue weighted by Gasteiger charge is -2.35. The summed E-state index contributed by atoms with van der Waals surface area (Å²) in [6.07, 6.45) is 0. The van der Waals surface area contributed by atoms with Crippen molar-refractivity contribution in [1.29, 1.82) is 0 Å². The topological polar surface area (TPSA) is 47.0 Å². The third kappa shape index (κ3) is 5.42. The molecular weight excluding hydrogens is 358 g/mol. The molecule has 1 aliphatic heterocycles. The first-order valence-electron chi connectivity index (χ1n) is 9.36. The molecule has 1 fully saturated rings. The third-order valence-corrected chi connectivity index (χ3v) is 5.16. The zero-order valence-corrected chi connectivity index (χ0v) is 16.7. The number of benzene rings is 2. The largest absolute Gasteiger partial charge is 0.497 e. The second-order valence-electron chi connectivity index (χ2n) is 6.77. The van der Waals surface area contributed by atoms with Gasteiger partial charge in [-0.25, -0.2) is 0 Å². The fourth-order valence-electron chi connectivity index (χ4n) is 3.61. The lowest BCUT2D eigenvalue weighted by molar-refractivity contribution is -0.940. The predicted molar refractivity (Wildman–Crippen MR) is 113 cm³/mol. The summed E-state index contributed by atoms with van der Waals surface area (Å²) in [6.45, 7) is 5.82. The molecule has 2 atom stereocenters. The van der Waals surface area contributed by atoms with E-state index in [1.54, 1.807) is 7.11 Å². The first-order chi connectivity index (χ1) is 13.2. The Hall–Kier alpha value is -2.15. The highest BCUT2D eigenvalue weighted by molar-refractivity contribution is 7.80. The zero-order chi connectivity index (χ0) is 19.1. The van der Waals surface area contributed by atoms with Gasteiger partial charge in [0.25, 0.3) is 0 Å². The Bertz CT molecular complexity index is 718. The quantitative estimate of drug-likeness (QED) is 0.663. The SMILES string of the molecule is COc1ccc(NC(=S)N[C@H](C)[C@H](c2ccccc2)[NH+]2CCOCC2)cc1. The van der Waals surface area contributed by atoms with Crippen molar-refractivity contribution in [2.75, 3.05) is 38.7 Å². The van der Waals surface area contributed by atoms with Gasteiger partial charge >= 0.3 is 0 Å². The number of quaternary nitrogens is 1. The van der Waals surface area contributed by atoms with Gasteiger partial charge in [0.15, 0.2) is 5.11 Å². The van der Waals surface area contributed by atoms with Gasteiger partial charge in [0.05, 0.1) is 26.4 Å². The van der Waals surface area contributed by atoms with Crippen LogP contribution in [0.3, 0.4) is 0 Å². The number of anilines is 1. The van der Waals surface area contributed by atoms with Crippen LogP contribution in [0, 0.1) is 0 Å². The molecule has 0 radical (unpaired) electrons. The summed E-state index contributed by atoms with van der Waals surface area (Å²) in [5.41, 5.74) is 2.26. The number of nitrogens with one attached hydrogen (secondary N) is 3. The maximum absolute atomic E-state index is 5.56. The van der Waals surface area contributed by atoms with Crippen LogP contribution in [0.5, 0.6) is 5.75 Å². The van der Waals surface area contributed by atoms with E-state index in [0.29, 0.717) is 11.2 Å². The van der Waals surface area contributed by atoms with Crippen molar-refractivity contribution < 1.29 is 14.4 Å². The Labute approximate surface area is 166 Å². The molecule has 0 saturated carbocycles. The first kappa shape index (κ1) is 19.6.